The van der Waals surface area contributed by atoms with Crippen molar-refractivity contribution in [3.8, 4) is 28.2 Å². The normalized spacial score (nSPS) is 13.2. The molecule has 39 heavy (non-hydrogen) atoms. The van der Waals surface area contributed by atoms with Crippen LogP contribution in [0.25, 0.3) is 22.5 Å². The third kappa shape index (κ3) is 5.78. The van der Waals surface area contributed by atoms with E-state index in [2.05, 4.69) is 73.7 Å². The van der Waals surface area contributed by atoms with Crippen molar-refractivity contribution in [1.82, 2.24) is 10.5 Å². The number of carbonyl (C=O) groups excluding carboxylic acids is 1. The van der Waals surface area contributed by atoms with Gasteiger partial charge in [0.1, 0.15) is 12.4 Å². The lowest BCUT2D eigenvalue weighted by molar-refractivity contribution is 0.0947. The average Bonchev–Trinajstić information content (AvgIpc) is 3.24. The number of amides is 1. The maximum Gasteiger partial charge on any atom is 0.274 e. The molecule has 5 nitrogen and oxygen atoms in total. The van der Waals surface area contributed by atoms with Gasteiger partial charge in [-0.15, -0.1) is 0 Å². The van der Waals surface area contributed by atoms with Crippen molar-refractivity contribution < 1.29 is 14.1 Å². The molecule has 0 saturated heterocycles. The molecule has 1 N–H and O–H groups in total. The van der Waals surface area contributed by atoms with Gasteiger partial charge in [-0.25, -0.2) is 0 Å². The van der Waals surface area contributed by atoms with E-state index >= 15 is 0 Å². The van der Waals surface area contributed by atoms with Gasteiger partial charge in [0.15, 0.2) is 11.5 Å². The summed E-state index contributed by atoms with van der Waals surface area (Å²) in [7, 11) is 0. The topological polar surface area (TPSA) is 64.4 Å². The van der Waals surface area contributed by atoms with Gasteiger partial charge in [0.25, 0.3) is 5.91 Å². The fourth-order valence-electron chi connectivity index (χ4n) is 5.56. The van der Waals surface area contributed by atoms with Crippen LogP contribution in [0.15, 0.2) is 65.2 Å². The molecule has 5 heteroatoms. The number of fused-ring (bicyclic) bond motifs is 1. The van der Waals surface area contributed by atoms with Crippen LogP contribution >= 0.6 is 0 Å². The van der Waals surface area contributed by atoms with Crippen molar-refractivity contribution in [2.45, 2.75) is 72.3 Å². The van der Waals surface area contributed by atoms with E-state index in [1.165, 1.54) is 36.0 Å². The summed E-state index contributed by atoms with van der Waals surface area (Å²) >= 11 is 0. The van der Waals surface area contributed by atoms with Gasteiger partial charge in [0.2, 0.25) is 0 Å². The number of hydrogen-bond donors (Lipinski definition) is 1. The molecule has 4 aromatic rings. The molecular formula is C34H38N2O3. The van der Waals surface area contributed by atoms with Gasteiger partial charge in [0, 0.05) is 6.54 Å². The second-order valence-corrected chi connectivity index (χ2v) is 10.8. The third-order valence-corrected chi connectivity index (χ3v) is 7.60. The van der Waals surface area contributed by atoms with E-state index in [-0.39, 0.29) is 5.91 Å². The highest BCUT2D eigenvalue weighted by atomic mass is 16.5. The van der Waals surface area contributed by atoms with Crippen molar-refractivity contribution in [2.75, 3.05) is 6.54 Å². The first-order chi connectivity index (χ1) is 19.0. The fourth-order valence-corrected chi connectivity index (χ4v) is 5.56. The molecule has 1 aromatic heterocycles. The van der Waals surface area contributed by atoms with Crippen LogP contribution < -0.4 is 10.1 Å². The molecule has 1 aliphatic carbocycles. The maximum absolute atomic E-state index is 13.2. The Morgan fingerprint density at radius 3 is 2.51 bits per heavy atom. The van der Waals surface area contributed by atoms with Crippen LogP contribution in [-0.4, -0.2) is 17.6 Å². The summed E-state index contributed by atoms with van der Waals surface area (Å²) in [6.45, 7) is 9.33. The summed E-state index contributed by atoms with van der Waals surface area (Å²) in [6.07, 6.45) is 5.80. The lowest BCUT2D eigenvalue weighted by atomic mass is 9.90. The van der Waals surface area contributed by atoms with E-state index in [4.69, 9.17) is 9.26 Å². The molecule has 0 aliphatic heterocycles. The Bertz CT molecular complexity index is 1450. The highest BCUT2D eigenvalue weighted by Gasteiger charge is 2.28. The quantitative estimate of drug-likeness (QED) is 0.238. The Hall–Kier alpha value is -3.86. The van der Waals surface area contributed by atoms with E-state index in [0.29, 0.717) is 30.5 Å². The number of nitrogens with zero attached hydrogens (tertiary/aromatic N) is 1. The molecule has 1 aliphatic rings. The minimum atomic E-state index is -0.236. The number of hydrogen-bond acceptors (Lipinski definition) is 4. The van der Waals surface area contributed by atoms with E-state index < -0.39 is 0 Å². The van der Waals surface area contributed by atoms with Crippen LogP contribution in [0.3, 0.4) is 0 Å². The van der Waals surface area contributed by atoms with Gasteiger partial charge in [-0.05, 0) is 91.0 Å². The Labute approximate surface area is 231 Å². The summed E-state index contributed by atoms with van der Waals surface area (Å²) in [6, 6.07) is 20.9. The van der Waals surface area contributed by atoms with Crippen LogP contribution in [0.1, 0.15) is 84.3 Å². The van der Waals surface area contributed by atoms with Gasteiger partial charge < -0.3 is 14.6 Å². The molecule has 0 saturated carbocycles. The third-order valence-electron chi connectivity index (χ3n) is 7.60. The van der Waals surface area contributed by atoms with Crippen LogP contribution in [0, 0.1) is 6.92 Å². The standard InChI is InChI=1S/C34H38N2O3/c1-5-35-34(37)32-31(27-17-16-25-14-10-7-11-15-26(25)19-27)33(39-36-32)29-20-28(22(2)3)23(4)18-30(29)38-21-24-12-8-6-9-13-24/h6,8-9,12-13,16-20,22H,5,7,10-11,14-15,21H2,1-4H3,(H,35,37). The highest BCUT2D eigenvalue weighted by Crippen LogP contribution is 2.43. The summed E-state index contributed by atoms with van der Waals surface area (Å²) in [5.74, 6) is 1.36. The first-order valence-corrected chi connectivity index (χ1v) is 14.2. The predicted molar refractivity (Wildman–Crippen MR) is 156 cm³/mol. The van der Waals surface area contributed by atoms with Gasteiger partial charge in [0.05, 0.1) is 11.1 Å². The van der Waals surface area contributed by atoms with Gasteiger partial charge in [-0.3, -0.25) is 4.79 Å². The molecule has 0 bridgehead atoms. The van der Waals surface area contributed by atoms with Crippen LogP contribution in [0.4, 0.5) is 0 Å². The van der Waals surface area contributed by atoms with Gasteiger partial charge in [-0.2, -0.15) is 0 Å². The second kappa shape index (κ2) is 11.9. The number of nitrogens with one attached hydrogen (secondary N) is 1. The van der Waals surface area contributed by atoms with Crippen molar-refractivity contribution in [3.63, 3.8) is 0 Å². The van der Waals surface area contributed by atoms with Crippen LogP contribution in [0.2, 0.25) is 0 Å². The first kappa shape index (κ1) is 26.7. The molecular weight excluding hydrogens is 484 g/mol. The average molecular weight is 523 g/mol. The molecule has 0 atom stereocenters. The fraction of sp³-hybridized carbons (Fsp3) is 0.353. The molecule has 1 amide bonds. The second-order valence-electron chi connectivity index (χ2n) is 10.8. The van der Waals surface area contributed by atoms with Crippen molar-refractivity contribution >= 4 is 5.91 Å². The summed E-state index contributed by atoms with van der Waals surface area (Å²) in [4.78, 5) is 13.2. The van der Waals surface area contributed by atoms with Crippen molar-refractivity contribution in [1.29, 1.82) is 0 Å². The molecule has 0 spiro atoms. The predicted octanol–water partition coefficient (Wildman–Crippen LogP) is 8.04. The first-order valence-electron chi connectivity index (χ1n) is 14.2. The smallest absolute Gasteiger partial charge is 0.274 e. The van der Waals surface area contributed by atoms with Crippen molar-refractivity contribution in [3.05, 3.63) is 94.2 Å². The largest absolute Gasteiger partial charge is 0.488 e. The molecule has 5 rings (SSSR count). The van der Waals surface area contributed by atoms with E-state index in [1.807, 2.05) is 25.1 Å². The number of rotatable bonds is 8. The van der Waals surface area contributed by atoms with Gasteiger partial charge in [-0.1, -0.05) is 74.0 Å². The van der Waals surface area contributed by atoms with Crippen LogP contribution in [-0.2, 0) is 19.4 Å². The molecule has 1 heterocycles. The zero-order valence-electron chi connectivity index (χ0n) is 23.5. The number of aryl methyl sites for hydroxylation is 3. The number of carbonyl (C=O) groups is 1. The van der Waals surface area contributed by atoms with Crippen molar-refractivity contribution in [2.24, 2.45) is 0 Å². The summed E-state index contributed by atoms with van der Waals surface area (Å²) in [5, 5.41) is 7.25. The Kier molecular flexibility index (Phi) is 8.16. The minimum Gasteiger partial charge on any atom is -0.488 e. The Balaban J connectivity index is 1.67. The monoisotopic (exact) mass is 522 g/mol. The van der Waals surface area contributed by atoms with E-state index in [1.54, 1.807) is 0 Å². The Morgan fingerprint density at radius 1 is 1.00 bits per heavy atom. The minimum absolute atomic E-state index is 0.236. The van der Waals surface area contributed by atoms with E-state index in [9.17, 15) is 4.79 Å². The highest BCUT2D eigenvalue weighted by molar-refractivity contribution is 6.02. The number of ether oxygens (including phenoxy) is 1. The Morgan fingerprint density at radius 2 is 1.77 bits per heavy atom. The summed E-state index contributed by atoms with van der Waals surface area (Å²) < 4.78 is 12.5. The molecule has 0 fully saturated rings. The zero-order valence-corrected chi connectivity index (χ0v) is 23.5. The SMILES string of the molecule is CCNC(=O)c1noc(-c2cc(C(C)C)c(C)cc2OCc2ccccc2)c1-c1ccc2c(c1)CCCCC2. The molecule has 202 valence electrons. The van der Waals surface area contributed by atoms with Gasteiger partial charge >= 0.3 is 0 Å². The molecule has 0 unspecified atom stereocenters. The summed E-state index contributed by atoms with van der Waals surface area (Å²) in [5.41, 5.74) is 9.00. The number of aromatic nitrogens is 1. The zero-order chi connectivity index (χ0) is 27.4. The van der Waals surface area contributed by atoms with Crippen LogP contribution in [0.5, 0.6) is 5.75 Å². The lowest BCUT2D eigenvalue weighted by Gasteiger charge is -2.17. The molecule has 0 radical (unpaired) electrons. The molecule has 3 aromatic carbocycles. The maximum atomic E-state index is 13.2. The lowest BCUT2D eigenvalue weighted by Crippen LogP contribution is -2.23. The van der Waals surface area contributed by atoms with E-state index in [0.717, 1.165) is 46.4 Å². The number of benzene rings is 3.